The lowest BCUT2D eigenvalue weighted by Crippen LogP contribution is -2.47. The maximum Gasteiger partial charge on any atom is 0.226 e. The van der Waals surface area contributed by atoms with Gasteiger partial charge in [-0.05, 0) is 38.2 Å². The summed E-state index contributed by atoms with van der Waals surface area (Å²) in [6.07, 6.45) is 5.21. The molecule has 0 spiro atoms. The monoisotopic (exact) mass is 342 g/mol. The Kier molecular flexibility index (Phi) is 4.50. The summed E-state index contributed by atoms with van der Waals surface area (Å²) in [5.41, 5.74) is 2.97. The maximum absolute atomic E-state index is 12.9. The molecule has 1 saturated heterocycles. The van der Waals surface area contributed by atoms with E-state index in [1.54, 1.807) is 0 Å². The molecule has 1 amide bonds. The van der Waals surface area contributed by atoms with Crippen LogP contribution in [-0.2, 0) is 14.4 Å². The molecule has 1 atom stereocenters. The van der Waals surface area contributed by atoms with E-state index in [4.69, 9.17) is 9.57 Å². The highest BCUT2D eigenvalue weighted by atomic mass is 16.6. The Balaban J connectivity index is 1.44. The summed E-state index contributed by atoms with van der Waals surface area (Å²) in [6.45, 7) is 3.39. The van der Waals surface area contributed by atoms with Crippen molar-refractivity contribution in [2.45, 2.75) is 57.6 Å². The summed E-state index contributed by atoms with van der Waals surface area (Å²) in [4.78, 5) is 18.6. The van der Waals surface area contributed by atoms with E-state index >= 15 is 0 Å². The van der Waals surface area contributed by atoms with Crippen molar-refractivity contribution in [2.24, 2.45) is 10.6 Å². The molecule has 4 rings (SSSR count). The van der Waals surface area contributed by atoms with E-state index in [-0.39, 0.29) is 17.4 Å². The van der Waals surface area contributed by atoms with Crippen LogP contribution in [0.25, 0.3) is 0 Å². The first-order chi connectivity index (χ1) is 12.2. The lowest BCUT2D eigenvalue weighted by molar-refractivity contribution is -0.140. The predicted octanol–water partition coefficient (Wildman–Crippen LogP) is 2.95. The molecule has 0 radical (unpaired) electrons. The SMILES string of the molecule is Cc1ccccc1C1=NOC(CC2(C(=O)NC3CC3)CCOCC2)C1. The third-order valence-corrected chi connectivity index (χ3v) is 5.65. The van der Waals surface area contributed by atoms with Gasteiger partial charge in [0.15, 0.2) is 0 Å². The second-order valence-corrected chi connectivity index (χ2v) is 7.63. The van der Waals surface area contributed by atoms with Crippen molar-refractivity contribution in [3.05, 3.63) is 35.4 Å². The zero-order valence-corrected chi connectivity index (χ0v) is 14.8. The second-order valence-electron chi connectivity index (χ2n) is 7.63. The van der Waals surface area contributed by atoms with Crippen LogP contribution < -0.4 is 5.32 Å². The van der Waals surface area contributed by atoms with Crippen LogP contribution in [-0.4, -0.2) is 37.0 Å². The molecule has 0 aromatic heterocycles. The number of ether oxygens (including phenoxy) is 1. The van der Waals surface area contributed by atoms with Crippen molar-refractivity contribution < 1.29 is 14.4 Å². The first kappa shape index (κ1) is 16.6. The Bertz CT molecular complexity index is 675. The second kappa shape index (κ2) is 6.79. The van der Waals surface area contributed by atoms with Crippen LogP contribution in [0, 0.1) is 12.3 Å². The Labute approximate surface area is 148 Å². The van der Waals surface area contributed by atoms with E-state index in [1.807, 2.05) is 12.1 Å². The van der Waals surface area contributed by atoms with E-state index in [9.17, 15) is 4.79 Å². The fourth-order valence-corrected chi connectivity index (χ4v) is 3.88. The fraction of sp³-hybridized carbons (Fsp3) is 0.600. The number of aryl methyl sites for hydroxylation is 1. The molecule has 1 aromatic carbocycles. The van der Waals surface area contributed by atoms with Gasteiger partial charge in [-0.3, -0.25) is 4.79 Å². The van der Waals surface area contributed by atoms with Crippen LogP contribution in [0.2, 0.25) is 0 Å². The number of benzene rings is 1. The summed E-state index contributed by atoms with van der Waals surface area (Å²) >= 11 is 0. The molecule has 1 aliphatic carbocycles. The minimum atomic E-state index is -0.373. The highest BCUT2D eigenvalue weighted by Gasteiger charge is 2.45. The van der Waals surface area contributed by atoms with E-state index in [2.05, 4.69) is 29.5 Å². The number of oxime groups is 1. The van der Waals surface area contributed by atoms with Crippen molar-refractivity contribution in [3.8, 4) is 0 Å². The number of hydrogen-bond acceptors (Lipinski definition) is 4. The highest BCUT2D eigenvalue weighted by Crippen LogP contribution is 2.39. The zero-order chi connectivity index (χ0) is 17.3. The standard InChI is InChI=1S/C20H26N2O3/c1-14-4-2-3-5-17(14)18-12-16(25-22-18)13-20(8-10-24-11-9-20)19(23)21-15-6-7-15/h2-5,15-16H,6-13H2,1H3,(H,21,23). The molecule has 2 heterocycles. The molecule has 2 aliphatic heterocycles. The topological polar surface area (TPSA) is 59.9 Å². The Morgan fingerprint density at radius 1 is 1.28 bits per heavy atom. The average Bonchev–Trinajstić information content (AvgIpc) is 3.32. The van der Waals surface area contributed by atoms with Crippen LogP contribution in [0.15, 0.2) is 29.4 Å². The van der Waals surface area contributed by atoms with Gasteiger partial charge in [0.2, 0.25) is 5.91 Å². The summed E-state index contributed by atoms with van der Waals surface area (Å²) in [7, 11) is 0. The molecule has 1 aromatic rings. The lowest BCUT2D eigenvalue weighted by Gasteiger charge is -2.37. The summed E-state index contributed by atoms with van der Waals surface area (Å²) in [5, 5.41) is 7.53. The molecule has 3 aliphatic rings. The molecule has 1 unspecified atom stereocenters. The zero-order valence-electron chi connectivity index (χ0n) is 14.8. The fourth-order valence-electron chi connectivity index (χ4n) is 3.88. The molecule has 0 bridgehead atoms. The van der Waals surface area contributed by atoms with Gasteiger partial charge in [0.05, 0.1) is 11.1 Å². The number of rotatable bonds is 5. The summed E-state index contributed by atoms with van der Waals surface area (Å²) in [6, 6.07) is 8.63. The van der Waals surface area contributed by atoms with Gasteiger partial charge in [-0.1, -0.05) is 29.4 Å². The molecule has 25 heavy (non-hydrogen) atoms. The molecule has 2 fully saturated rings. The Hall–Kier alpha value is -1.88. The van der Waals surface area contributed by atoms with Gasteiger partial charge in [0.1, 0.15) is 6.10 Å². The van der Waals surface area contributed by atoms with Crippen molar-refractivity contribution in [1.29, 1.82) is 0 Å². The van der Waals surface area contributed by atoms with Crippen LogP contribution in [0.5, 0.6) is 0 Å². The van der Waals surface area contributed by atoms with Crippen molar-refractivity contribution in [1.82, 2.24) is 5.32 Å². The lowest BCUT2D eigenvalue weighted by atomic mass is 9.74. The number of carbonyl (C=O) groups is 1. The van der Waals surface area contributed by atoms with Gasteiger partial charge in [0.25, 0.3) is 0 Å². The number of nitrogens with one attached hydrogen (secondary N) is 1. The highest BCUT2D eigenvalue weighted by molar-refractivity contribution is 6.02. The van der Waals surface area contributed by atoms with Gasteiger partial charge in [0, 0.05) is 37.7 Å². The number of carbonyl (C=O) groups excluding carboxylic acids is 1. The largest absolute Gasteiger partial charge is 0.392 e. The van der Waals surface area contributed by atoms with Crippen LogP contribution in [0.3, 0.4) is 0 Å². The molecular weight excluding hydrogens is 316 g/mol. The van der Waals surface area contributed by atoms with Gasteiger partial charge in [-0.25, -0.2) is 0 Å². The normalized spacial score (nSPS) is 25.2. The minimum Gasteiger partial charge on any atom is -0.392 e. The van der Waals surface area contributed by atoms with E-state index in [1.165, 1.54) is 5.56 Å². The van der Waals surface area contributed by atoms with E-state index < -0.39 is 0 Å². The maximum atomic E-state index is 12.9. The van der Waals surface area contributed by atoms with Crippen LogP contribution >= 0.6 is 0 Å². The van der Waals surface area contributed by atoms with Crippen molar-refractivity contribution in [2.75, 3.05) is 13.2 Å². The molecule has 134 valence electrons. The van der Waals surface area contributed by atoms with Crippen LogP contribution in [0.4, 0.5) is 0 Å². The third-order valence-electron chi connectivity index (χ3n) is 5.65. The minimum absolute atomic E-state index is 0.0299. The third kappa shape index (κ3) is 3.56. The number of nitrogens with zero attached hydrogens (tertiary/aromatic N) is 1. The quantitative estimate of drug-likeness (QED) is 0.895. The van der Waals surface area contributed by atoms with Crippen molar-refractivity contribution >= 4 is 11.6 Å². The Morgan fingerprint density at radius 3 is 2.76 bits per heavy atom. The number of hydrogen-bond donors (Lipinski definition) is 1. The molecule has 5 nitrogen and oxygen atoms in total. The first-order valence-corrected chi connectivity index (χ1v) is 9.34. The first-order valence-electron chi connectivity index (χ1n) is 9.34. The average molecular weight is 342 g/mol. The molecule has 5 heteroatoms. The smallest absolute Gasteiger partial charge is 0.226 e. The molecular formula is C20H26N2O3. The molecule has 1 N–H and O–H groups in total. The van der Waals surface area contributed by atoms with Gasteiger partial charge in [-0.15, -0.1) is 0 Å². The van der Waals surface area contributed by atoms with E-state index in [0.717, 1.165) is 43.4 Å². The van der Waals surface area contributed by atoms with Crippen molar-refractivity contribution in [3.63, 3.8) is 0 Å². The van der Waals surface area contributed by atoms with Gasteiger partial charge < -0.3 is 14.9 Å². The Morgan fingerprint density at radius 2 is 2.04 bits per heavy atom. The van der Waals surface area contributed by atoms with Gasteiger partial charge in [-0.2, -0.15) is 0 Å². The number of amides is 1. The molecule has 1 saturated carbocycles. The summed E-state index contributed by atoms with van der Waals surface area (Å²) < 4.78 is 5.52. The van der Waals surface area contributed by atoms with Gasteiger partial charge >= 0.3 is 0 Å². The predicted molar refractivity (Wildman–Crippen MR) is 95.5 cm³/mol. The summed E-state index contributed by atoms with van der Waals surface area (Å²) in [5.74, 6) is 0.186. The van der Waals surface area contributed by atoms with Crippen LogP contribution in [0.1, 0.15) is 49.7 Å². The van der Waals surface area contributed by atoms with E-state index in [0.29, 0.717) is 25.7 Å².